The van der Waals surface area contributed by atoms with Crippen molar-refractivity contribution < 1.29 is 33.3 Å². The van der Waals surface area contributed by atoms with Crippen LogP contribution in [-0.2, 0) is 26.5 Å². The topological polar surface area (TPSA) is 82.8 Å². The Balaban J connectivity index is 0.000000187. The van der Waals surface area contributed by atoms with Gasteiger partial charge in [0.1, 0.15) is 17.1 Å². The summed E-state index contributed by atoms with van der Waals surface area (Å²) < 4.78 is 29.6. The summed E-state index contributed by atoms with van der Waals surface area (Å²) in [7, 11) is 0. The Morgan fingerprint density at radius 2 is 1.44 bits per heavy atom. The van der Waals surface area contributed by atoms with E-state index in [1.807, 2.05) is 30.5 Å². The normalized spacial score (nSPS) is 12.1. The minimum absolute atomic E-state index is 0. The summed E-state index contributed by atoms with van der Waals surface area (Å²) in [6.07, 6.45) is 8.32. The number of fused-ring (bicyclic) bond motifs is 7. The second kappa shape index (κ2) is 18.7. The molecule has 7 nitrogen and oxygen atoms in total. The molecule has 0 aliphatic carbocycles. The van der Waals surface area contributed by atoms with E-state index in [2.05, 4.69) is 149 Å². The monoisotopic (exact) mass is 1120 g/mol. The Morgan fingerprint density at radius 1 is 0.712 bits per heavy atom. The maximum atomic E-state index is 13.9. The van der Waals surface area contributed by atoms with Crippen molar-refractivity contribution in [1.29, 1.82) is 0 Å². The van der Waals surface area contributed by atoms with Crippen molar-refractivity contribution in [1.82, 2.24) is 24.5 Å². The fourth-order valence-corrected chi connectivity index (χ4v) is 12.3. The molecule has 1 radical (unpaired) electrons. The number of furan rings is 2. The second-order valence-electron chi connectivity index (χ2n) is 19.6. The first-order chi connectivity index (χ1) is 31.1. The van der Waals surface area contributed by atoms with Crippen molar-refractivity contribution in [3.63, 3.8) is 0 Å². The molecule has 4 aromatic carbocycles. The van der Waals surface area contributed by atoms with Gasteiger partial charge in [-0.1, -0.05) is 65.3 Å². The van der Waals surface area contributed by atoms with Crippen molar-refractivity contribution in [2.45, 2.75) is 96.8 Å². The molecule has 0 saturated heterocycles. The number of benzene rings is 4. The average molecular weight is 1110 g/mol. The molecular weight excluding hydrogens is 1060 g/mol. The number of pyridine rings is 3. The molecule has 66 heavy (non-hydrogen) atoms. The number of aromatic nitrogens is 5. The van der Waals surface area contributed by atoms with Crippen LogP contribution < -0.4 is 4.40 Å². The van der Waals surface area contributed by atoms with E-state index in [1.54, 1.807) is 6.07 Å². The molecule has 0 amide bonds. The Labute approximate surface area is 403 Å². The molecule has 10 heteroatoms. The van der Waals surface area contributed by atoms with Gasteiger partial charge in [0.15, 0.2) is 0 Å². The molecule has 0 atom stereocenters. The van der Waals surface area contributed by atoms with E-state index in [0.29, 0.717) is 29.1 Å². The van der Waals surface area contributed by atoms with Gasteiger partial charge in [0.2, 0.25) is 0 Å². The quantitative estimate of drug-likeness (QED) is 0.106. The SMILES string of the molecule is CC(C)Cc1cc(-c2[c-]ccc3c2oc2ccccc23)nc[c]1[Ge]([CH3])([CH3])[CH3].CC(C)c1cc2nc(-c3[c-]nc4oc5cc(F)ccc5c4c3)n(-c3c(C(C)C)cccc3C(C)C)c2cn1.[Ir]. The van der Waals surface area contributed by atoms with Gasteiger partial charge in [-0.15, -0.1) is 6.07 Å². The summed E-state index contributed by atoms with van der Waals surface area (Å²) in [5.74, 6) is 9.21. The van der Waals surface area contributed by atoms with E-state index in [-0.39, 0.29) is 31.8 Å². The summed E-state index contributed by atoms with van der Waals surface area (Å²) in [4.78, 5) is 19.3. The van der Waals surface area contributed by atoms with Gasteiger partial charge in [-0.05, 0) is 58.7 Å². The van der Waals surface area contributed by atoms with Gasteiger partial charge in [0, 0.05) is 42.9 Å². The van der Waals surface area contributed by atoms with Gasteiger partial charge >= 0.3 is 164 Å². The first-order valence-electron chi connectivity index (χ1n) is 22.8. The number of rotatable bonds is 9. The third-order valence-corrected chi connectivity index (χ3v) is 16.6. The molecule has 6 aromatic heterocycles. The predicted octanol–water partition coefficient (Wildman–Crippen LogP) is 14.9. The maximum Gasteiger partial charge on any atom is 0.141 e. The van der Waals surface area contributed by atoms with E-state index < -0.39 is 13.3 Å². The molecule has 339 valence electrons. The van der Waals surface area contributed by atoms with Gasteiger partial charge in [0.25, 0.3) is 0 Å². The molecule has 0 bridgehead atoms. The fourth-order valence-electron chi connectivity index (χ4n) is 8.99. The smallest absolute Gasteiger partial charge is 0.141 e. The molecule has 0 fully saturated rings. The number of hydrogen-bond acceptors (Lipinski definition) is 6. The molecule has 0 aliphatic heterocycles. The third kappa shape index (κ3) is 8.90. The van der Waals surface area contributed by atoms with E-state index >= 15 is 0 Å². The molecular formula is C56H56FGeIrN5O2-2. The molecule has 0 N–H and O–H groups in total. The molecule has 0 saturated carbocycles. The van der Waals surface area contributed by atoms with Gasteiger partial charge < -0.3 is 14.0 Å². The van der Waals surface area contributed by atoms with Crippen LogP contribution in [0.4, 0.5) is 4.39 Å². The largest absolute Gasteiger partial charge is 0.482 e. The molecule has 0 aliphatic rings. The van der Waals surface area contributed by atoms with E-state index in [4.69, 9.17) is 23.8 Å². The Kier molecular flexibility index (Phi) is 13.3. The Bertz CT molecular complexity index is 3370. The van der Waals surface area contributed by atoms with Crippen LogP contribution in [0, 0.1) is 24.0 Å². The second-order valence-corrected chi connectivity index (χ2v) is 30.2. The van der Waals surface area contributed by atoms with Gasteiger partial charge in [-0.2, -0.15) is 0 Å². The van der Waals surface area contributed by atoms with Crippen molar-refractivity contribution in [2.24, 2.45) is 5.92 Å². The zero-order chi connectivity index (χ0) is 45.9. The number of halogens is 1. The Morgan fingerprint density at radius 3 is 2.14 bits per heavy atom. The standard InChI is InChI=1S/C32H30FN4O.C24H26GeNO.Ir/c1-17(2)22-8-7-9-23(18(3)4)30(22)37-28-16-34-26(19(5)6)14-27(28)36-31(37)20-12-25-24-11-10-21(33)13-29(24)38-32(25)35-15-20;1-16(2)13-17-14-22(26-15-21(17)25(3,4)5)20-11-8-10-19-18-9-6-7-12-23(18)27-24(19)20;/h7-14,16-19H,1-6H3;6-10,12,14-16H,13H2,1-5H3;/q2*-1;. The van der Waals surface area contributed by atoms with Crippen LogP contribution in [-0.4, -0.2) is 37.8 Å². The predicted molar refractivity (Wildman–Crippen MR) is 268 cm³/mol. The summed E-state index contributed by atoms with van der Waals surface area (Å²) >= 11 is -1.98. The van der Waals surface area contributed by atoms with Crippen molar-refractivity contribution in [2.75, 3.05) is 0 Å². The molecule has 10 rings (SSSR count). The number of imidazole rings is 1. The zero-order valence-corrected chi connectivity index (χ0v) is 44.1. The summed E-state index contributed by atoms with van der Waals surface area (Å²) in [6.45, 7) is 17.7. The van der Waals surface area contributed by atoms with E-state index in [0.717, 1.165) is 84.2 Å². The Hall–Kier alpha value is -5.48. The van der Waals surface area contributed by atoms with Crippen molar-refractivity contribution in [3.8, 4) is 28.3 Å². The number of nitrogens with zero attached hydrogens (tertiary/aromatic N) is 5. The number of hydrogen-bond donors (Lipinski definition) is 0. The number of para-hydroxylation sites is 2. The van der Waals surface area contributed by atoms with Crippen LogP contribution in [0.2, 0.25) is 17.3 Å². The fraction of sp³-hybridized carbons (Fsp3) is 0.286. The minimum atomic E-state index is -1.98. The molecule has 0 spiro atoms. The van der Waals surface area contributed by atoms with Gasteiger partial charge in [-0.25, -0.2) is 4.39 Å². The van der Waals surface area contributed by atoms with Gasteiger partial charge in [0.05, 0.1) is 23.1 Å². The average Bonchev–Trinajstić information content (AvgIpc) is 3.96. The van der Waals surface area contributed by atoms with Crippen molar-refractivity contribution in [3.05, 3.63) is 144 Å². The maximum absolute atomic E-state index is 13.9. The van der Waals surface area contributed by atoms with Crippen LogP contribution in [0.3, 0.4) is 0 Å². The summed E-state index contributed by atoms with van der Waals surface area (Å²) in [6, 6.07) is 33.1. The van der Waals surface area contributed by atoms with Crippen LogP contribution in [0.25, 0.3) is 83.4 Å². The van der Waals surface area contributed by atoms with Crippen LogP contribution in [0.5, 0.6) is 0 Å². The zero-order valence-electron chi connectivity index (χ0n) is 39.6. The van der Waals surface area contributed by atoms with Gasteiger partial charge in [-0.3, -0.25) is 9.97 Å². The minimum Gasteiger partial charge on any atom is -0.482 e. The first kappa shape index (κ1) is 47.0. The molecule has 0 unspecified atom stereocenters. The summed E-state index contributed by atoms with van der Waals surface area (Å²) in [5.41, 5.74) is 13.2. The van der Waals surface area contributed by atoms with E-state index in [9.17, 15) is 4.39 Å². The van der Waals surface area contributed by atoms with Crippen LogP contribution in [0.15, 0.2) is 112 Å². The van der Waals surface area contributed by atoms with E-state index in [1.165, 1.54) is 33.2 Å². The third-order valence-electron chi connectivity index (χ3n) is 12.2. The molecule has 6 heterocycles. The molecule has 10 aromatic rings. The van der Waals surface area contributed by atoms with Crippen molar-refractivity contribution >= 4 is 72.7 Å². The summed E-state index contributed by atoms with van der Waals surface area (Å²) in [5, 5.41) is 3.88. The van der Waals surface area contributed by atoms with Crippen LogP contribution >= 0.6 is 0 Å². The van der Waals surface area contributed by atoms with Crippen LogP contribution in [0.1, 0.15) is 95.5 Å². The first-order valence-corrected chi connectivity index (χ1v) is 30.2.